The maximum atomic E-state index is 11.8. The number of nitrogens with two attached hydrogens (primary N) is 1. The monoisotopic (exact) mass is 264 g/mol. The van der Waals surface area contributed by atoms with E-state index in [0.29, 0.717) is 17.9 Å². The molecule has 5 heteroatoms. The fourth-order valence-electron chi connectivity index (χ4n) is 1.45. The Morgan fingerprint density at radius 1 is 1.32 bits per heavy atom. The SMILES string of the molecule is CCC(N)COCC(=O)c1ccc(NC(C)=O)cc1. The zero-order chi connectivity index (χ0) is 14.3. The predicted octanol–water partition coefficient (Wildman–Crippen LogP) is 1.58. The molecule has 104 valence electrons. The highest BCUT2D eigenvalue weighted by Crippen LogP contribution is 2.10. The molecule has 0 bridgehead atoms. The molecule has 0 saturated carbocycles. The molecule has 19 heavy (non-hydrogen) atoms. The zero-order valence-corrected chi connectivity index (χ0v) is 11.3. The van der Waals surface area contributed by atoms with E-state index in [1.807, 2.05) is 6.92 Å². The Bertz CT molecular complexity index is 429. The molecule has 0 heterocycles. The summed E-state index contributed by atoms with van der Waals surface area (Å²) < 4.78 is 5.25. The highest BCUT2D eigenvalue weighted by Gasteiger charge is 2.07. The first-order valence-electron chi connectivity index (χ1n) is 6.27. The van der Waals surface area contributed by atoms with Crippen molar-refractivity contribution in [2.75, 3.05) is 18.5 Å². The Morgan fingerprint density at radius 2 is 1.95 bits per heavy atom. The van der Waals surface area contributed by atoms with E-state index in [2.05, 4.69) is 5.32 Å². The number of carbonyl (C=O) groups excluding carboxylic acids is 2. The first-order valence-corrected chi connectivity index (χ1v) is 6.27. The van der Waals surface area contributed by atoms with Crippen molar-refractivity contribution < 1.29 is 14.3 Å². The molecular formula is C14H20N2O3. The van der Waals surface area contributed by atoms with Gasteiger partial charge in [0.1, 0.15) is 6.61 Å². The van der Waals surface area contributed by atoms with Gasteiger partial charge in [0.25, 0.3) is 0 Å². The molecule has 1 atom stereocenters. The Morgan fingerprint density at radius 3 is 2.47 bits per heavy atom. The summed E-state index contributed by atoms with van der Waals surface area (Å²) in [4.78, 5) is 22.7. The van der Waals surface area contributed by atoms with E-state index in [1.54, 1.807) is 24.3 Å². The molecule has 1 aromatic carbocycles. The van der Waals surface area contributed by atoms with Gasteiger partial charge >= 0.3 is 0 Å². The lowest BCUT2D eigenvalue weighted by molar-refractivity contribution is -0.114. The number of benzene rings is 1. The first-order chi connectivity index (χ1) is 9.02. The minimum absolute atomic E-state index is 0.0210. The van der Waals surface area contributed by atoms with E-state index in [0.717, 1.165) is 6.42 Å². The summed E-state index contributed by atoms with van der Waals surface area (Å²) in [6, 6.07) is 6.67. The lowest BCUT2D eigenvalue weighted by Gasteiger charge is -2.09. The number of ether oxygens (including phenoxy) is 1. The van der Waals surface area contributed by atoms with E-state index in [-0.39, 0.29) is 24.3 Å². The molecule has 1 rings (SSSR count). The maximum absolute atomic E-state index is 11.8. The number of amides is 1. The quantitative estimate of drug-likeness (QED) is 0.733. The van der Waals surface area contributed by atoms with Crippen LogP contribution in [0.3, 0.4) is 0 Å². The van der Waals surface area contributed by atoms with Crippen LogP contribution >= 0.6 is 0 Å². The summed E-state index contributed by atoms with van der Waals surface area (Å²) in [5, 5.41) is 2.64. The van der Waals surface area contributed by atoms with Crippen LogP contribution in [0, 0.1) is 0 Å². The molecule has 0 spiro atoms. The molecular weight excluding hydrogens is 244 g/mol. The number of nitrogens with one attached hydrogen (secondary N) is 1. The van der Waals surface area contributed by atoms with Crippen LogP contribution in [0.4, 0.5) is 5.69 Å². The molecule has 3 N–H and O–H groups in total. The number of rotatable bonds is 7. The summed E-state index contributed by atoms with van der Waals surface area (Å²) in [7, 11) is 0. The fourth-order valence-corrected chi connectivity index (χ4v) is 1.45. The first kappa shape index (κ1) is 15.3. The normalized spacial score (nSPS) is 11.9. The van der Waals surface area contributed by atoms with Gasteiger partial charge in [0, 0.05) is 24.2 Å². The third-order valence-electron chi connectivity index (χ3n) is 2.62. The topological polar surface area (TPSA) is 81.4 Å². The molecule has 0 fully saturated rings. The van der Waals surface area contributed by atoms with Gasteiger partial charge < -0.3 is 15.8 Å². The van der Waals surface area contributed by atoms with Gasteiger partial charge in [-0.3, -0.25) is 9.59 Å². The molecule has 0 saturated heterocycles. The van der Waals surface area contributed by atoms with E-state index in [9.17, 15) is 9.59 Å². The van der Waals surface area contributed by atoms with Gasteiger partial charge in [-0.05, 0) is 30.7 Å². The molecule has 0 radical (unpaired) electrons. The highest BCUT2D eigenvalue weighted by atomic mass is 16.5. The summed E-state index contributed by atoms with van der Waals surface area (Å²) in [6.07, 6.45) is 0.819. The largest absolute Gasteiger partial charge is 0.372 e. The summed E-state index contributed by atoms with van der Waals surface area (Å²) in [5.41, 5.74) is 6.91. The third-order valence-corrected chi connectivity index (χ3v) is 2.62. The van der Waals surface area contributed by atoms with Crippen LogP contribution in [0.5, 0.6) is 0 Å². The van der Waals surface area contributed by atoms with Crippen LogP contribution in [0.15, 0.2) is 24.3 Å². The average Bonchev–Trinajstić information content (AvgIpc) is 2.38. The van der Waals surface area contributed by atoms with Gasteiger partial charge in [-0.25, -0.2) is 0 Å². The number of hydrogen-bond acceptors (Lipinski definition) is 4. The Balaban J connectivity index is 2.46. The lowest BCUT2D eigenvalue weighted by Crippen LogP contribution is -2.26. The van der Waals surface area contributed by atoms with Gasteiger partial charge in [-0.2, -0.15) is 0 Å². The van der Waals surface area contributed by atoms with Gasteiger partial charge in [-0.15, -0.1) is 0 Å². The van der Waals surface area contributed by atoms with Crippen molar-refractivity contribution in [3.63, 3.8) is 0 Å². The van der Waals surface area contributed by atoms with Gasteiger partial charge in [0.05, 0.1) is 6.61 Å². The summed E-state index contributed by atoms with van der Waals surface area (Å²) in [5.74, 6) is -0.242. The van der Waals surface area contributed by atoms with E-state index in [4.69, 9.17) is 10.5 Å². The highest BCUT2D eigenvalue weighted by molar-refractivity contribution is 5.97. The summed E-state index contributed by atoms with van der Waals surface area (Å²) in [6.45, 7) is 3.81. The second kappa shape index (κ2) is 7.66. The van der Waals surface area contributed by atoms with Crippen molar-refractivity contribution >= 4 is 17.4 Å². The minimum atomic E-state index is -0.143. The van der Waals surface area contributed by atoms with Crippen LogP contribution < -0.4 is 11.1 Å². The number of anilines is 1. The van der Waals surface area contributed by atoms with Crippen molar-refractivity contribution in [1.82, 2.24) is 0 Å². The standard InChI is InChI=1S/C14H20N2O3/c1-3-12(15)8-19-9-14(18)11-4-6-13(7-5-11)16-10(2)17/h4-7,12H,3,8-9,15H2,1-2H3,(H,16,17). The molecule has 1 amide bonds. The van der Waals surface area contributed by atoms with Crippen LogP contribution in [-0.2, 0) is 9.53 Å². The van der Waals surface area contributed by atoms with E-state index < -0.39 is 0 Å². The van der Waals surface area contributed by atoms with Crippen LogP contribution in [-0.4, -0.2) is 30.9 Å². The lowest BCUT2D eigenvalue weighted by atomic mass is 10.1. The molecule has 5 nitrogen and oxygen atoms in total. The third kappa shape index (κ3) is 5.63. The van der Waals surface area contributed by atoms with Crippen molar-refractivity contribution in [2.24, 2.45) is 5.73 Å². The minimum Gasteiger partial charge on any atom is -0.372 e. The van der Waals surface area contributed by atoms with Crippen LogP contribution in [0.1, 0.15) is 30.6 Å². The van der Waals surface area contributed by atoms with Crippen molar-refractivity contribution in [2.45, 2.75) is 26.3 Å². The number of carbonyl (C=O) groups is 2. The molecule has 0 aromatic heterocycles. The predicted molar refractivity (Wildman–Crippen MR) is 74.2 cm³/mol. The summed E-state index contributed by atoms with van der Waals surface area (Å²) >= 11 is 0. The Hall–Kier alpha value is -1.72. The molecule has 0 aliphatic rings. The maximum Gasteiger partial charge on any atom is 0.221 e. The van der Waals surface area contributed by atoms with E-state index in [1.165, 1.54) is 6.92 Å². The fraction of sp³-hybridized carbons (Fsp3) is 0.429. The Labute approximate surface area is 113 Å². The van der Waals surface area contributed by atoms with Crippen LogP contribution in [0.25, 0.3) is 0 Å². The smallest absolute Gasteiger partial charge is 0.221 e. The van der Waals surface area contributed by atoms with Crippen molar-refractivity contribution in [3.8, 4) is 0 Å². The van der Waals surface area contributed by atoms with Crippen molar-refractivity contribution in [3.05, 3.63) is 29.8 Å². The molecule has 1 unspecified atom stereocenters. The second-order valence-corrected chi connectivity index (χ2v) is 4.37. The van der Waals surface area contributed by atoms with Gasteiger partial charge in [-0.1, -0.05) is 6.92 Å². The van der Waals surface area contributed by atoms with E-state index >= 15 is 0 Å². The number of Topliss-reactive ketones (excluding diaryl/α,β-unsaturated/α-hetero) is 1. The zero-order valence-electron chi connectivity index (χ0n) is 11.3. The van der Waals surface area contributed by atoms with Gasteiger partial charge in [0.2, 0.25) is 5.91 Å². The average molecular weight is 264 g/mol. The number of hydrogen-bond donors (Lipinski definition) is 2. The second-order valence-electron chi connectivity index (χ2n) is 4.37. The van der Waals surface area contributed by atoms with Gasteiger partial charge in [0.15, 0.2) is 5.78 Å². The molecule has 0 aliphatic carbocycles. The number of ketones is 1. The molecule has 1 aromatic rings. The Kier molecular flexibility index (Phi) is 6.18. The molecule has 0 aliphatic heterocycles. The van der Waals surface area contributed by atoms with Crippen molar-refractivity contribution in [1.29, 1.82) is 0 Å². The van der Waals surface area contributed by atoms with Crippen LogP contribution in [0.2, 0.25) is 0 Å².